The minimum atomic E-state index is -0.0900. The number of benzene rings is 2. The molecule has 4 heteroatoms. The van der Waals surface area contributed by atoms with Gasteiger partial charge < -0.3 is 15.3 Å². The Morgan fingerprint density at radius 2 is 2.04 bits per heavy atom. The zero-order valence-corrected chi connectivity index (χ0v) is 13.3. The van der Waals surface area contributed by atoms with Gasteiger partial charge in [0.2, 0.25) is 0 Å². The maximum atomic E-state index is 12.3. The predicted octanol–water partition coefficient (Wildman–Crippen LogP) is 3.51. The molecule has 3 rings (SSSR count). The van der Waals surface area contributed by atoms with Gasteiger partial charge in [0.1, 0.15) is 0 Å². The van der Waals surface area contributed by atoms with Crippen LogP contribution < -0.4 is 5.32 Å². The molecular formula is C19H22N2O2. The van der Waals surface area contributed by atoms with Crippen LogP contribution in [-0.4, -0.2) is 35.7 Å². The minimum absolute atomic E-state index is 0.0900. The highest BCUT2D eigenvalue weighted by Crippen LogP contribution is 2.26. The molecule has 1 aliphatic rings. The molecule has 0 aliphatic carbocycles. The van der Waals surface area contributed by atoms with E-state index in [1.165, 1.54) is 11.1 Å². The molecule has 1 aliphatic heterocycles. The molecule has 2 amide bonds. The van der Waals surface area contributed by atoms with Crippen molar-refractivity contribution in [1.82, 2.24) is 4.90 Å². The largest absolute Gasteiger partial charge is 0.396 e. The summed E-state index contributed by atoms with van der Waals surface area (Å²) >= 11 is 0. The first-order chi connectivity index (χ1) is 11.2. The lowest BCUT2D eigenvalue weighted by atomic mass is 10.0. The van der Waals surface area contributed by atoms with Crippen molar-refractivity contribution in [2.24, 2.45) is 5.92 Å². The quantitative estimate of drug-likeness (QED) is 0.911. The van der Waals surface area contributed by atoms with Crippen LogP contribution in [0.2, 0.25) is 0 Å². The molecule has 0 bridgehead atoms. The van der Waals surface area contributed by atoms with Gasteiger partial charge in [-0.2, -0.15) is 0 Å². The van der Waals surface area contributed by atoms with Crippen molar-refractivity contribution >= 4 is 11.7 Å². The number of aliphatic hydroxyl groups is 1. The Bertz CT molecular complexity index is 685. The monoisotopic (exact) mass is 310 g/mol. The molecule has 2 aromatic rings. The summed E-state index contributed by atoms with van der Waals surface area (Å²) in [6.07, 6.45) is 0.871. The molecule has 23 heavy (non-hydrogen) atoms. The second-order valence-corrected chi connectivity index (χ2v) is 6.11. The number of carbonyl (C=O) groups excluding carboxylic acids is 1. The Morgan fingerprint density at radius 1 is 1.26 bits per heavy atom. The Hall–Kier alpha value is -2.33. The Kier molecular flexibility index (Phi) is 4.63. The van der Waals surface area contributed by atoms with E-state index in [2.05, 4.69) is 24.4 Å². The third kappa shape index (κ3) is 3.54. The van der Waals surface area contributed by atoms with Gasteiger partial charge in [0, 0.05) is 31.3 Å². The van der Waals surface area contributed by atoms with Crippen LogP contribution in [0.15, 0.2) is 48.5 Å². The second-order valence-electron chi connectivity index (χ2n) is 6.11. The first-order valence-corrected chi connectivity index (χ1v) is 8.00. The van der Waals surface area contributed by atoms with Crippen LogP contribution in [0, 0.1) is 12.8 Å². The number of urea groups is 1. The SMILES string of the molecule is Cc1cc(NC(=O)N2CC[C@@H](CO)C2)ccc1-c1ccccc1. The molecule has 0 radical (unpaired) electrons. The lowest BCUT2D eigenvalue weighted by molar-refractivity contribution is 0.209. The molecule has 1 heterocycles. The van der Waals surface area contributed by atoms with Gasteiger partial charge in [-0.05, 0) is 42.2 Å². The van der Waals surface area contributed by atoms with Crippen LogP contribution in [0.3, 0.4) is 0 Å². The molecule has 0 spiro atoms. The Balaban J connectivity index is 1.70. The van der Waals surface area contributed by atoms with Crippen molar-refractivity contribution in [2.75, 3.05) is 25.0 Å². The molecule has 1 atom stereocenters. The van der Waals surface area contributed by atoms with Gasteiger partial charge >= 0.3 is 6.03 Å². The topological polar surface area (TPSA) is 52.6 Å². The van der Waals surface area contributed by atoms with E-state index in [0.29, 0.717) is 13.1 Å². The average Bonchev–Trinajstić information content (AvgIpc) is 3.05. The highest BCUT2D eigenvalue weighted by molar-refractivity contribution is 5.90. The number of anilines is 1. The van der Waals surface area contributed by atoms with Gasteiger partial charge in [-0.3, -0.25) is 0 Å². The van der Waals surface area contributed by atoms with Gasteiger partial charge in [-0.1, -0.05) is 36.4 Å². The summed E-state index contributed by atoms with van der Waals surface area (Å²) in [4.78, 5) is 14.0. The van der Waals surface area contributed by atoms with E-state index < -0.39 is 0 Å². The van der Waals surface area contributed by atoms with Crippen molar-refractivity contribution in [3.8, 4) is 11.1 Å². The van der Waals surface area contributed by atoms with E-state index in [-0.39, 0.29) is 18.6 Å². The Labute approximate surface area is 136 Å². The lowest BCUT2D eigenvalue weighted by Crippen LogP contribution is -2.33. The number of amides is 2. The molecule has 1 fully saturated rings. The van der Waals surface area contributed by atoms with Crippen molar-refractivity contribution < 1.29 is 9.90 Å². The van der Waals surface area contributed by atoms with Crippen molar-refractivity contribution in [2.45, 2.75) is 13.3 Å². The van der Waals surface area contributed by atoms with Crippen LogP contribution in [0.1, 0.15) is 12.0 Å². The predicted molar refractivity (Wildman–Crippen MR) is 92.4 cm³/mol. The first kappa shape index (κ1) is 15.6. The van der Waals surface area contributed by atoms with E-state index in [1.54, 1.807) is 4.90 Å². The fourth-order valence-electron chi connectivity index (χ4n) is 3.05. The summed E-state index contributed by atoms with van der Waals surface area (Å²) in [6, 6.07) is 16.1. The van der Waals surface area contributed by atoms with E-state index in [0.717, 1.165) is 17.7 Å². The van der Waals surface area contributed by atoms with Crippen molar-refractivity contribution in [1.29, 1.82) is 0 Å². The number of rotatable bonds is 3. The van der Waals surface area contributed by atoms with Crippen LogP contribution in [0.4, 0.5) is 10.5 Å². The molecule has 2 N–H and O–H groups in total. The smallest absolute Gasteiger partial charge is 0.321 e. The lowest BCUT2D eigenvalue weighted by Gasteiger charge is -2.18. The number of nitrogens with one attached hydrogen (secondary N) is 1. The molecule has 0 aromatic heterocycles. The van der Waals surface area contributed by atoms with Crippen LogP contribution in [0.25, 0.3) is 11.1 Å². The van der Waals surface area contributed by atoms with Crippen LogP contribution in [0.5, 0.6) is 0 Å². The maximum absolute atomic E-state index is 12.3. The number of likely N-dealkylation sites (tertiary alicyclic amines) is 1. The van der Waals surface area contributed by atoms with E-state index in [1.807, 2.05) is 36.4 Å². The Morgan fingerprint density at radius 3 is 2.70 bits per heavy atom. The first-order valence-electron chi connectivity index (χ1n) is 8.00. The number of aliphatic hydroxyl groups excluding tert-OH is 1. The zero-order chi connectivity index (χ0) is 16.2. The number of nitrogens with zero attached hydrogens (tertiary/aromatic N) is 1. The van der Waals surface area contributed by atoms with Crippen LogP contribution in [-0.2, 0) is 0 Å². The fraction of sp³-hybridized carbons (Fsp3) is 0.316. The molecule has 0 unspecified atom stereocenters. The minimum Gasteiger partial charge on any atom is -0.396 e. The average molecular weight is 310 g/mol. The third-order valence-electron chi connectivity index (χ3n) is 4.39. The van der Waals surface area contributed by atoms with Gasteiger partial charge in [0.25, 0.3) is 0 Å². The highest BCUT2D eigenvalue weighted by Gasteiger charge is 2.25. The summed E-state index contributed by atoms with van der Waals surface area (Å²) in [5.74, 6) is 0.211. The van der Waals surface area contributed by atoms with Crippen LogP contribution >= 0.6 is 0 Å². The summed E-state index contributed by atoms with van der Waals surface area (Å²) in [5, 5.41) is 12.1. The summed E-state index contributed by atoms with van der Waals surface area (Å²) in [7, 11) is 0. The summed E-state index contributed by atoms with van der Waals surface area (Å²) < 4.78 is 0. The molecule has 120 valence electrons. The summed E-state index contributed by atoms with van der Waals surface area (Å²) in [5.41, 5.74) is 4.28. The molecule has 1 saturated heterocycles. The normalized spacial score (nSPS) is 17.3. The molecular weight excluding hydrogens is 288 g/mol. The third-order valence-corrected chi connectivity index (χ3v) is 4.39. The summed E-state index contributed by atoms with van der Waals surface area (Å²) in [6.45, 7) is 3.53. The van der Waals surface area contributed by atoms with Gasteiger partial charge in [-0.15, -0.1) is 0 Å². The van der Waals surface area contributed by atoms with E-state index in [4.69, 9.17) is 0 Å². The molecule has 0 saturated carbocycles. The number of hydrogen-bond donors (Lipinski definition) is 2. The number of carbonyl (C=O) groups is 1. The van der Waals surface area contributed by atoms with Crippen molar-refractivity contribution in [3.05, 3.63) is 54.1 Å². The zero-order valence-electron chi connectivity index (χ0n) is 13.3. The van der Waals surface area contributed by atoms with E-state index >= 15 is 0 Å². The second kappa shape index (κ2) is 6.84. The number of aryl methyl sites for hydroxylation is 1. The van der Waals surface area contributed by atoms with E-state index in [9.17, 15) is 9.90 Å². The number of hydrogen-bond acceptors (Lipinski definition) is 2. The van der Waals surface area contributed by atoms with Crippen molar-refractivity contribution in [3.63, 3.8) is 0 Å². The van der Waals surface area contributed by atoms with Gasteiger partial charge in [-0.25, -0.2) is 4.79 Å². The molecule has 4 nitrogen and oxygen atoms in total. The highest BCUT2D eigenvalue weighted by atomic mass is 16.3. The standard InChI is InChI=1S/C19H22N2O2/c1-14-11-17(7-8-18(14)16-5-3-2-4-6-16)20-19(23)21-10-9-15(12-21)13-22/h2-8,11,15,22H,9-10,12-13H2,1H3,(H,20,23)/t15-/m1/s1. The maximum Gasteiger partial charge on any atom is 0.321 e. The van der Waals surface area contributed by atoms with Gasteiger partial charge in [0.05, 0.1) is 0 Å². The fourth-order valence-corrected chi connectivity index (χ4v) is 3.05. The van der Waals surface area contributed by atoms with Gasteiger partial charge in [0.15, 0.2) is 0 Å². The molecule has 2 aromatic carbocycles.